The monoisotopic (exact) mass is 348 g/mol. The molecule has 1 rings (SSSR count). The lowest BCUT2D eigenvalue weighted by atomic mass is 10.1. The molecule has 0 bridgehead atoms. The Bertz CT molecular complexity index is 499. The number of ether oxygens (including phenoxy) is 3. The van der Waals surface area contributed by atoms with E-state index in [1.807, 2.05) is 0 Å². The van der Waals surface area contributed by atoms with E-state index in [9.17, 15) is 13.2 Å². The third kappa shape index (κ3) is 5.49. The van der Waals surface area contributed by atoms with Crippen molar-refractivity contribution >= 4 is 0 Å². The maximum Gasteiger partial charge on any atom is 0.213 e. The summed E-state index contributed by atoms with van der Waals surface area (Å²) in [7, 11) is 0. The summed E-state index contributed by atoms with van der Waals surface area (Å²) in [6.07, 6.45) is 0. The van der Waals surface area contributed by atoms with E-state index in [1.165, 1.54) is 0 Å². The van der Waals surface area contributed by atoms with Gasteiger partial charge in [-0.1, -0.05) is 0 Å². The van der Waals surface area contributed by atoms with Gasteiger partial charge in [-0.25, -0.2) is 0 Å². The molecule has 0 heterocycles. The summed E-state index contributed by atoms with van der Waals surface area (Å²) in [6, 6.07) is 0. The molecule has 0 aliphatic carbocycles. The Labute approximate surface area is 142 Å². The molecule has 0 spiro atoms. The summed E-state index contributed by atoms with van der Waals surface area (Å²) in [6.45, 7) is 14.7. The molecule has 0 aliphatic heterocycles. The zero-order valence-corrected chi connectivity index (χ0v) is 15.9. The first-order chi connectivity index (χ1) is 10.5. The van der Waals surface area contributed by atoms with Gasteiger partial charge in [-0.05, 0) is 62.3 Å². The van der Waals surface area contributed by atoms with Crippen molar-refractivity contribution in [3.05, 3.63) is 17.5 Å². The largest absolute Gasteiger partial charge is 0.482 e. The van der Waals surface area contributed by atoms with E-state index in [2.05, 4.69) is 0 Å². The molecule has 24 heavy (non-hydrogen) atoms. The third-order valence-corrected chi connectivity index (χ3v) is 2.42. The maximum atomic E-state index is 14.7. The molecule has 0 fully saturated rings. The van der Waals surface area contributed by atoms with E-state index in [4.69, 9.17) is 14.2 Å². The van der Waals surface area contributed by atoms with Crippen LogP contribution in [0.1, 0.15) is 62.3 Å². The van der Waals surface area contributed by atoms with Crippen molar-refractivity contribution in [2.24, 2.45) is 0 Å². The minimum absolute atomic E-state index is 0.720. The second kappa shape index (κ2) is 6.37. The van der Waals surface area contributed by atoms with Gasteiger partial charge in [-0.2, -0.15) is 13.2 Å². The molecule has 138 valence electrons. The Kier molecular flexibility index (Phi) is 5.43. The van der Waals surface area contributed by atoms with Crippen LogP contribution in [0.4, 0.5) is 13.2 Å². The highest BCUT2D eigenvalue weighted by Gasteiger charge is 2.34. The van der Waals surface area contributed by atoms with Gasteiger partial charge in [0.1, 0.15) is 16.8 Å². The second-order valence-corrected chi connectivity index (χ2v) is 8.57. The van der Waals surface area contributed by atoms with Gasteiger partial charge in [0, 0.05) is 0 Å². The van der Waals surface area contributed by atoms with Crippen LogP contribution in [0.25, 0.3) is 0 Å². The number of halogens is 3. The quantitative estimate of drug-likeness (QED) is 0.708. The zero-order chi connectivity index (χ0) is 19.1. The molecule has 0 unspecified atom stereocenters. The molecule has 0 aromatic heterocycles. The Morgan fingerprint density at radius 1 is 0.458 bits per heavy atom. The fourth-order valence-corrected chi connectivity index (χ4v) is 1.79. The summed E-state index contributed by atoms with van der Waals surface area (Å²) >= 11 is 0. The molecule has 1 aromatic carbocycles. The highest BCUT2D eigenvalue weighted by atomic mass is 19.1. The molecule has 1 aromatic rings. The van der Waals surface area contributed by atoms with E-state index in [-0.39, 0.29) is 0 Å². The van der Waals surface area contributed by atoms with Crippen LogP contribution in [0.15, 0.2) is 0 Å². The summed E-state index contributed by atoms with van der Waals surface area (Å²) in [5, 5.41) is 0. The van der Waals surface area contributed by atoms with Crippen molar-refractivity contribution in [1.82, 2.24) is 0 Å². The van der Waals surface area contributed by atoms with Gasteiger partial charge in [-0.15, -0.1) is 0 Å². The lowest BCUT2D eigenvalue weighted by Crippen LogP contribution is -2.29. The smallest absolute Gasteiger partial charge is 0.213 e. The first kappa shape index (κ1) is 20.5. The zero-order valence-electron chi connectivity index (χ0n) is 15.9. The normalized spacial score (nSPS) is 13.0. The number of hydrogen-bond donors (Lipinski definition) is 0. The lowest BCUT2D eigenvalue weighted by Gasteiger charge is -2.28. The topological polar surface area (TPSA) is 27.7 Å². The highest BCUT2D eigenvalue weighted by molar-refractivity contribution is 5.48. The molecule has 0 N–H and O–H groups in total. The summed E-state index contributed by atoms with van der Waals surface area (Å²) in [5.74, 6) is -5.84. The minimum atomic E-state index is -1.23. The molecule has 3 nitrogen and oxygen atoms in total. The van der Waals surface area contributed by atoms with Crippen LogP contribution in [0, 0.1) is 17.5 Å². The van der Waals surface area contributed by atoms with Gasteiger partial charge in [0.2, 0.25) is 17.5 Å². The highest BCUT2D eigenvalue weighted by Crippen LogP contribution is 2.43. The predicted octanol–water partition coefficient (Wildman–Crippen LogP) is 5.64. The summed E-state index contributed by atoms with van der Waals surface area (Å²) < 4.78 is 60.1. The van der Waals surface area contributed by atoms with Crippen LogP contribution in [0.5, 0.6) is 17.2 Å². The van der Waals surface area contributed by atoms with E-state index in [0.29, 0.717) is 0 Å². The minimum Gasteiger partial charge on any atom is -0.482 e. The van der Waals surface area contributed by atoms with Crippen LogP contribution < -0.4 is 14.2 Å². The van der Waals surface area contributed by atoms with E-state index >= 15 is 0 Å². The molecule has 0 atom stereocenters. The van der Waals surface area contributed by atoms with Crippen molar-refractivity contribution in [2.45, 2.75) is 79.1 Å². The van der Waals surface area contributed by atoms with Crippen LogP contribution in [-0.2, 0) is 0 Å². The van der Waals surface area contributed by atoms with Crippen LogP contribution in [0.2, 0.25) is 0 Å². The molecular weight excluding hydrogens is 321 g/mol. The maximum absolute atomic E-state index is 14.7. The third-order valence-electron chi connectivity index (χ3n) is 2.42. The lowest BCUT2D eigenvalue weighted by molar-refractivity contribution is 0.0838. The molecule has 6 heteroatoms. The average molecular weight is 348 g/mol. The van der Waals surface area contributed by atoms with E-state index in [1.54, 1.807) is 62.3 Å². The Balaban J connectivity index is 3.64. The summed E-state index contributed by atoms with van der Waals surface area (Å²) in [5.41, 5.74) is -2.67. The molecular formula is C18H27F3O3. The van der Waals surface area contributed by atoms with Gasteiger partial charge in [0.15, 0.2) is 17.2 Å². The van der Waals surface area contributed by atoms with E-state index in [0.717, 1.165) is 0 Å². The number of benzene rings is 1. The number of hydrogen-bond acceptors (Lipinski definition) is 3. The standard InChI is InChI=1S/C18H27F3O3/c1-16(2,3)22-13-10(19)14(23-17(4,5)6)12(21)15(11(13)20)24-18(7,8)9/h1-9H3. The van der Waals surface area contributed by atoms with Crippen molar-refractivity contribution < 1.29 is 27.4 Å². The van der Waals surface area contributed by atoms with Gasteiger partial charge in [0.25, 0.3) is 0 Å². The molecule has 0 saturated carbocycles. The van der Waals surface area contributed by atoms with Gasteiger partial charge in [-0.3, -0.25) is 0 Å². The predicted molar refractivity (Wildman–Crippen MR) is 87.5 cm³/mol. The fourth-order valence-electron chi connectivity index (χ4n) is 1.79. The Morgan fingerprint density at radius 2 is 0.625 bits per heavy atom. The van der Waals surface area contributed by atoms with Crippen LogP contribution in [0.3, 0.4) is 0 Å². The van der Waals surface area contributed by atoms with Crippen molar-refractivity contribution in [3.8, 4) is 17.2 Å². The Morgan fingerprint density at radius 3 is 0.750 bits per heavy atom. The van der Waals surface area contributed by atoms with Crippen molar-refractivity contribution in [2.75, 3.05) is 0 Å². The van der Waals surface area contributed by atoms with Crippen molar-refractivity contribution in [3.63, 3.8) is 0 Å². The van der Waals surface area contributed by atoms with E-state index < -0.39 is 51.5 Å². The SMILES string of the molecule is CC(C)(C)Oc1c(F)c(OC(C)(C)C)c(F)c(OC(C)(C)C)c1F. The van der Waals surface area contributed by atoms with Gasteiger partial charge < -0.3 is 14.2 Å². The Hall–Kier alpha value is -1.59. The van der Waals surface area contributed by atoms with Crippen molar-refractivity contribution in [1.29, 1.82) is 0 Å². The van der Waals surface area contributed by atoms with Gasteiger partial charge >= 0.3 is 0 Å². The van der Waals surface area contributed by atoms with Crippen LogP contribution in [-0.4, -0.2) is 16.8 Å². The summed E-state index contributed by atoms with van der Waals surface area (Å²) in [4.78, 5) is 0. The van der Waals surface area contributed by atoms with Crippen LogP contribution >= 0.6 is 0 Å². The molecule has 0 amide bonds. The first-order valence-electron chi connectivity index (χ1n) is 7.79. The molecule has 0 aliphatic rings. The molecule has 0 radical (unpaired) electrons. The second-order valence-electron chi connectivity index (χ2n) is 8.57. The van der Waals surface area contributed by atoms with Gasteiger partial charge in [0.05, 0.1) is 0 Å². The average Bonchev–Trinajstić information content (AvgIpc) is 2.32. The fraction of sp³-hybridized carbons (Fsp3) is 0.667. The molecule has 0 saturated heterocycles. The first-order valence-corrected chi connectivity index (χ1v) is 7.79. The number of rotatable bonds is 3.